The van der Waals surface area contributed by atoms with E-state index in [1.54, 1.807) is 22.3 Å². The van der Waals surface area contributed by atoms with E-state index in [0.717, 1.165) is 12.8 Å². The molecular formula is C46H54Cl2Ti. The summed E-state index contributed by atoms with van der Waals surface area (Å²) < 4.78 is 4.31. The summed E-state index contributed by atoms with van der Waals surface area (Å²) in [4.78, 5) is 0. The quantitative estimate of drug-likeness (QED) is 0.132. The van der Waals surface area contributed by atoms with Gasteiger partial charge in [0.15, 0.2) is 0 Å². The molecule has 0 radical (unpaired) electrons. The predicted molar refractivity (Wildman–Crippen MR) is 202 cm³/mol. The minimum Gasteiger partial charge on any atom is -1.00 e. The zero-order chi connectivity index (χ0) is 32.7. The van der Waals surface area contributed by atoms with Gasteiger partial charge in [-0.05, 0) is 0 Å². The second kappa shape index (κ2) is 15.9. The average Bonchev–Trinajstić information content (AvgIpc) is 3.61. The van der Waals surface area contributed by atoms with Gasteiger partial charge in [0.05, 0.1) is 0 Å². The molecule has 0 nitrogen and oxygen atoms in total. The summed E-state index contributed by atoms with van der Waals surface area (Å²) in [7, 11) is 0. The molecule has 2 unspecified atom stereocenters. The van der Waals surface area contributed by atoms with Gasteiger partial charge in [-0.25, -0.2) is 0 Å². The minimum atomic E-state index is -2.48. The maximum atomic E-state index is 2.68. The Labute approximate surface area is 313 Å². The van der Waals surface area contributed by atoms with Crippen LogP contribution in [0, 0.1) is 11.8 Å². The number of halogens is 2. The molecule has 0 amide bonds. The first-order valence-corrected chi connectivity index (χ1v) is 22.7. The molecule has 1 aliphatic heterocycles. The first kappa shape index (κ1) is 37.9. The molecule has 0 spiro atoms. The number of hydrogen-bond acceptors (Lipinski definition) is 0. The molecule has 1 fully saturated rings. The van der Waals surface area contributed by atoms with E-state index < -0.39 is 16.6 Å². The van der Waals surface area contributed by atoms with Gasteiger partial charge in [0.1, 0.15) is 0 Å². The van der Waals surface area contributed by atoms with Crippen molar-refractivity contribution in [1.82, 2.24) is 0 Å². The second-order valence-corrected chi connectivity index (χ2v) is 23.0. The van der Waals surface area contributed by atoms with Crippen molar-refractivity contribution in [2.45, 2.75) is 98.0 Å². The van der Waals surface area contributed by atoms with E-state index in [-0.39, 0.29) is 24.8 Å². The fourth-order valence-corrected chi connectivity index (χ4v) is 19.5. The van der Waals surface area contributed by atoms with E-state index in [1.807, 2.05) is 0 Å². The van der Waals surface area contributed by atoms with Gasteiger partial charge in [-0.3, -0.25) is 0 Å². The predicted octanol–water partition coefficient (Wildman–Crippen LogP) is 7.61. The van der Waals surface area contributed by atoms with Crippen molar-refractivity contribution in [3.05, 3.63) is 129 Å². The molecule has 2 atom stereocenters. The third-order valence-electron chi connectivity index (χ3n) is 11.2. The van der Waals surface area contributed by atoms with E-state index in [0.29, 0.717) is 20.3 Å². The van der Waals surface area contributed by atoms with Gasteiger partial charge in [0, 0.05) is 0 Å². The van der Waals surface area contributed by atoms with E-state index in [9.17, 15) is 0 Å². The smallest absolute Gasteiger partial charge is 1.00 e. The fourth-order valence-electron chi connectivity index (χ4n) is 9.25. The number of fused-ring (bicyclic) bond motifs is 2. The van der Waals surface area contributed by atoms with Crippen LogP contribution < -0.4 is 24.8 Å². The third kappa shape index (κ3) is 7.37. The van der Waals surface area contributed by atoms with E-state index in [1.165, 1.54) is 79.6 Å². The van der Waals surface area contributed by atoms with Crippen LogP contribution in [0.2, 0.25) is 9.45 Å². The van der Waals surface area contributed by atoms with Crippen molar-refractivity contribution < 1.29 is 41.4 Å². The number of hydrogen-bond donors (Lipinski definition) is 0. The summed E-state index contributed by atoms with van der Waals surface area (Å²) in [5.41, 5.74) is 18.4. The average molecular weight is 726 g/mol. The SMILES string of the molecule is CCCc1ccc(-c2cccc3c2C=C(CC(C)C)[CH]3[Ti+2]2([CH]3C(CC(C)C)=Cc4c(-c5ccc(CCC)cc5)cccc43)[CH2][CH2]2)cc1.[Cl-].[Cl-]. The Morgan fingerprint density at radius 3 is 1.27 bits per heavy atom. The molecule has 2 aliphatic carbocycles. The van der Waals surface area contributed by atoms with Crippen molar-refractivity contribution in [1.29, 1.82) is 0 Å². The van der Waals surface area contributed by atoms with E-state index >= 15 is 0 Å². The van der Waals surface area contributed by atoms with Crippen molar-refractivity contribution >= 4 is 12.2 Å². The first-order valence-electron chi connectivity index (χ1n) is 18.7. The molecule has 4 aromatic carbocycles. The van der Waals surface area contributed by atoms with Crippen LogP contribution in [-0.2, 0) is 29.4 Å². The molecule has 1 heterocycles. The molecule has 7 rings (SSSR count). The number of aryl methyl sites for hydroxylation is 2. The topological polar surface area (TPSA) is 0 Å². The summed E-state index contributed by atoms with van der Waals surface area (Å²) in [6, 6.07) is 33.5. The Morgan fingerprint density at radius 2 is 0.939 bits per heavy atom. The summed E-state index contributed by atoms with van der Waals surface area (Å²) in [5.74, 6) is 1.33. The van der Waals surface area contributed by atoms with Crippen LogP contribution >= 0.6 is 0 Å². The minimum absolute atomic E-state index is 0. The van der Waals surface area contributed by atoms with Crippen LogP contribution in [0.4, 0.5) is 0 Å². The Bertz CT molecular complexity index is 1670. The Kier molecular flexibility index (Phi) is 12.3. The van der Waals surface area contributed by atoms with E-state index in [2.05, 4.69) is 139 Å². The van der Waals surface area contributed by atoms with Gasteiger partial charge in [-0.1, -0.05) is 0 Å². The van der Waals surface area contributed by atoms with Crippen LogP contribution in [0.3, 0.4) is 0 Å². The van der Waals surface area contributed by atoms with Gasteiger partial charge < -0.3 is 24.8 Å². The number of allylic oxidation sites excluding steroid dienone is 2. The normalized spacial score (nSPS) is 17.7. The second-order valence-electron chi connectivity index (χ2n) is 15.7. The van der Waals surface area contributed by atoms with Crippen LogP contribution in [0.1, 0.15) is 109 Å². The van der Waals surface area contributed by atoms with Crippen LogP contribution in [-0.4, -0.2) is 0 Å². The molecular weight excluding hydrogens is 671 g/mol. The molecule has 4 aromatic rings. The first-order chi connectivity index (χ1) is 22.8. The maximum Gasteiger partial charge on any atom is -1.00 e. The maximum absolute atomic E-state index is 2.68. The molecule has 1 saturated heterocycles. The van der Waals surface area contributed by atoms with Gasteiger partial charge >= 0.3 is 290 Å². The Balaban J connectivity index is 0.00000234. The van der Waals surface area contributed by atoms with Crippen LogP contribution in [0.25, 0.3) is 34.4 Å². The zero-order valence-electron chi connectivity index (χ0n) is 30.5. The molecule has 0 saturated carbocycles. The molecule has 3 aliphatic rings. The largest absolute Gasteiger partial charge is 1.00 e. The summed E-state index contributed by atoms with van der Waals surface area (Å²) >= 11 is -2.48. The molecule has 256 valence electrons. The van der Waals surface area contributed by atoms with Gasteiger partial charge in [-0.15, -0.1) is 0 Å². The molecule has 0 bridgehead atoms. The van der Waals surface area contributed by atoms with Crippen molar-refractivity contribution in [3.8, 4) is 22.3 Å². The van der Waals surface area contributed by atoms with Gasteiger partial charge in [-0.2, -0.15) is 0 Å². The molecule has 0 aromatic heterocycles. The monoisotopic (exact) mass is 724 g/mol. The fraction of sp³-hybridized carbons (Fsp3) is 0.391. The number of benzene rings is 4. The molecule has 3 heteroatoms. The molecule has 49 heavy (non-hydrogen) atoms. The third-order valence-corrected chi connectivity index (χ3v) is 19.5. The van der Waals surface area contributed by atoms with Gasteiger partial charge in [0.2, 0.25) is 0 Å². The van der Waals surface area contributed by atoms with Crippen molar-refractivity contribution in [2.75, 3.05) is 0 Å². The van der Waals surface area contributed by atoms with Gasteiger partial charge in [0.25, 0.3) is 0 Å². The van der Waals surface area contributed by atoms with Crippen LogP contribution in [0.15, 0.2) is 96.1 Å². The number of rotatable bonds is 12. The van der Waals surface area contributed by atoms with E-state index in [4.69, 9.17) is 0 Å². The summed E-state index contributed by atoms with van der Waals surface area (Å²) in [6.45, 7) is 14.2. The standard InChI is InChI=1S/2C22H25.C2H4.2ClH.Ti/c2*1-4-6-17-9-11-19(12-10-17)21-8-5-7-20-14-18(13-16(2)3)15-22(20)21;1-2;;;/h2*5,7-12,14-16H,4,6,13H2,1-3H3;1-2H2;2*1H;/q;;;;;+2/p-2. The Morgan fingerprint density at radius 1 is 0.551 bits per heavy atom. The van der Waals surface area contributed by atoms with Crippen molar-refractivity contribution in [2.24, 2.45) is 11.8 Å². The zero-order valence-corrected chi connectivity index (χ0v) is 33.5. The van der Waals surface area contributed by atoms with Crippen molar-refractivity contribution in [3.63, 3.8) is 0 Å². The Hall–Kier alpha value is -2.35. The summed E-state index contributed by atoms with van der Waals surface area (Å²) in [5, 5.41) is 0. The summed E-state index contributed by atoms with van der Waals surface area (Å²) in [6.07, 6.45) is 12.5. The van der Waals surface area contributed by atoms with Crippen LogP contribution in [0.5, 0.6) is 0 Å². The molecule has 0 N–H and O–H groups in total.